The molecule has 0 saturated heterocycles. The van der Waals surface area contributed by atoms with Crippen LogP contribution in [0.3, 0.4) is 0 Å². The van der Waals surface area contributed by atoms with Crippen molar-refractivity contribution >= 4 is 97.9 Å². The fourth-order valence-corrected chi connectivity index (χ4v) is 9.03. The zero-order chi connectivity index (χ0) is 33.2. The summed E-state index contributed by atoms with van der Waals surface area (Å²) in [6, 6.07) is 61.6. The van der Waals surface area contributed by atoms with Gasteiger partial charge in [-0.15, -0.1) is 0 Å². The van der Waals surface area contributed by atoms with Gasteiger partial charge in [-0.2, -0.15) is 0 Å². The van der Waals surface area contributed by atoms with Gasteiger partial charge in [0.2, 0.25) is 0 Å². The van der Waals surface area contributed by atoms with Gasteiger partial charge in [-0.05, 0) is 74.8 Å². The second-order valence-electron chi connectivity index (χ2n) is 13.6. The smallest absolute Gasteiger partial charge is 0.160 e. The largest absolute Gasteiger partial charge is 0.454 e. The zero-order valence-corrected chi connectivity index (χ0v) is 27.5. The number of hydrogen-bond acceptors (Lipinski definition) is 1. The number of nitrogens with zero attached hydrogens (tertiary/aromatic N) is 2. The van der Waals surface area contributed by atoms with E-state index in [9.17, 15) is 0 Å². The van der Waals surface area contributed by atoms with E-state index in [-0.39, 0.29) is 0 Å². The predicted octanol–water partition coefficient (Wildman–Crippen LogP) is 13.2. The van der Waals surface area contributed by atoms with Gasteiger partial charge in [-0.1, -0.05) is 127 Å². The molecule has 0 N–H and O–H groups in total. The van der Waals surface area contributed by atoms with Crippen molar-refractivity contribution in [2.24, 2.45) is 0 Å². The van der Waals surface area contributed by atoms with Crippen LogP contribution in [-0.4, -0.2) is 9.13 Å². The second kappa shape index (κ2) is 9.87. The number of para-hydroxylation sites is 4. The molecule has 0 aliphatic carbocycles. The summed E-state index contributed by atoms with van der Waals surface area (Å²) in [5.41, 5.74) is 8.66. The molecule has 12 aromatic rings. The van der Waals surface area contributed by atoms with E-state index >= 15 is 0 Å². The van der Waals surface area contributed by atoms with Crippen molar-refractivity contribution in [1.82, 2.24) is 9.13 Å². The van der Waals surface area contributed by atoms with E-state index in [0.717, 1.165) is 44.3 Å². The lowest BCUT2D eigenvalue weighted by atomic mass is 9.94. The maximum absolute atomic E-state index is 6.95. The molecule has 9 aromatic carbocycles. The molecule has 0 saturated carbocycles. The summed E-state index contributed by atoms with van der Waals surface area (Å²) in [4.78, 5) is 0. The highest BCUT2D eigenvalue weighted by atomic mass is 16.3. The molecule has 51 heavy (non-hydrogen) atoms. The monoisotopic (exact) mass is 648 g/mol. The number of hydrogen-bond donors (Lipinski definition) is 0. The van der Waals surface area contributed by atoms with Crippen molar-refractivity contribution in [3.63, 3.8) is 0 Å². The Morgan fingerprint density at radius 3 is 1.47 bits per heavy atom. The summed E-state index contributed by atoms with van der Waals surface area (Å²) < 4.78 is 11.9. The Balaban J connectivity index is 1.36. The highest BCUT2D eigenvalue weighted by molar-refractivity contribution is 6.39. The van der Waals surface area contributed by atoms with Crippen molar-refractivity contribution in [2.45, 2.75) is 0 Å². The molecule has 3 heteroatoms. The summed E-state index contributed by atoms with van der Waals surface area (Å²) in [6.45, 7) is 0. The van der Waals surface area contributed by atoms with Crippen LogP contribution >= 0.6 is 0 Å². The molecule has 0 spiro atoms. The van der Waals surface area contributed by atoms with Crippen LogP contribution in [0, 0.1) is 0 Å². The third-order valence-corrected chi connectivity index (χ3v) is 11.0. The van der Waals surface area contributed by atoms with Crippen molar-refractivity contribution in [3.8, 4) is 11.4 Å². The molecule has 3 nitrogen and oxygen atoms in total. The Morgan fingerprint density at radius 2 is 0.804 bits per heavy atom. The van der Waals surface area contributed by atoms with Gasteiger partial charge in [-0.25, -0.2) is 0 Å². The first-order chi connectivity index (χ1) is 25.3. The van der Waals surface area contributed by atoms with Crippen LogP contribution in [0.4, 0.5) is 0 Å². The van der Waals surface area contributed by atoms with Crippen LogP contribution in [0.1, 0.15) is 0 Å². The SMILES string of the molecule is c1ccc(-n2c3ccccc3c3c2c2oc4ccccc4c2c2c4ccccc4n(-c4ccc5c6ccccc6c6ccccc6c5c4)c23)cc1. The Hall–Kier alpha value is -6.84. The highest BCUT2D eigenvalue weighted by Crippen LogP contribution is 2.49. The molecule has 0 aliphatic rings. The molecule has 3 heterocycles. The first-order valence-electron chi connectivity index (χ1n) is 17.5. The molecule has 0 bridgehead atoms. The molecule has 0 fully saturated rings. The van der Waals surface area contributed by atoms with E-state index in [0.29, 0.717) is 0 Å². The van der Waals surface area contributed by atoms with E-state index in [2.05, 4.69) is 179 Å². The minimum absolute atomic E-state index is 0.895. The predicted molar refractivity (Wildman–Crippen MR) is 215 cm³/mol. The average molecular weight is 649 g/mol. The van der Waals surface area contributed by atoms with Crippen LogP contribution in [0.2, 0.25) is 0 Å². The molecule has 0 aliphatic heterocycles. The van der Waals surface area contributed by atoms with E-state index in [1.807, 2.05) is 0 Å². The Bertz CT molecular complexity index is 3380. The van der Waals surface area contributed by atoms with Gasteiger partial charge >= 0.3 is 0 Å². The Labute approximate surface area is 291 Å². The van der Waals surface area contributed by atoms with Gasteiger partial charge in [0.1, 0.15) is 5.58 Å². The number of aromatic nitrogens is 2. The average Bonchev–Trinajstić information content (AvgIpc) is 3.86. The highest BCUT2D eigenvalue weighted by Gasteiger charge is 2.27. The van der Waals surface area contributed by atoms with Gasteiger partial charge in [0.25, 0.3) is 0 Å². The summed E-state index contributed by atoms with van der Waals surface area (Å²) in [7, 11) is 0. The lowest BCUT2D eigenvalue weighted by Gasteiger charge is -2.14. The molecule has 0 unspecified atom stereocenters. The van der Waals surface area contributed by atoms with Crippen LogP contribution in [0.25, 0.3) is 109 Å². The Kier molecular flexibility index (Phi) is 5.23. The number of fused-ring (bicyclic) bond motifs is 18. The van der Waals surface area contributed by atoms with E-state index < -0.39 is 0 Å². The number of furan rings is 1. The van der Waals surface area contributed by atoms with Crippen molar-refractivity contribution < 1.29 is 4.42 Å². The third kappa shape index (κ3) is 3.47. The molecule has 3 aromatic heterocycles. The summed E-state index contributed by atoms with van der Waals surface area (Å²) in [5.74, 6) is 0. The zero-order valence-electron chi connectivity index (χ0n) is 27.5. The summed E-state index contributed by atoms with van der Waals surface area (Å²) >= 11 is 0. The molecule has 0 amide bonds. The molecular weight excluding hydrogens is 621 g/mol. The lowest BCUT2D eigenvalue weighted by molar-refractivity contribution is 0.671. The van der Waals surface area contributed by atoms with Crippen LogP contribution in [0.5, 0.6) is 0 Å². The van der Waals surface area contributed by atoms with Crippen LogP contribution < -0.4 is 0 Å². The third-order valence-electron chi connectivity index (χ3n) is 11.0. The fourth-order valence-electron chi connectivity index (χ4n) is 9.03. The standard InChI is InChI=1S/C48H28N2O/c1-2-14-29(15-3-1)49-41-24-12-9-21-37(41)45-46-43(44-38-22-10-13-25-42(38)51-48(44)47(45)49)36-20-8-11-23-40(36)50(46)30-26-27-35-33-18-5-4-16-31(33)32-17-6-7-19-34(32)39(35)28-30/h1-28H. The van der Waals surface area contributed by atoms with Gasteiger partial charge < -0.3 is 13.6 Å². The van der Waals surface area contributed by atoms with Gasteiger partial charge in [0.15, 0.2) is 5.58 Å². The van der Waals surface area contributed by atoms with Crippen molar-refractivity contribution in [2.75, 3.05) is 0 Å². The van der Waals surface area contributed by atoms with Gasteiger partial charge in [-0.3, -0.25) is 0 Å². The minimum Gasteiger partial charge on any atom is -0.454 e. The summed E-state index contributed by atoms with van der Waals surface area (Å²) in [5, 5.41) is 14.7. The van der Waals surface area contributed by atoms with Crippen molar-refractivity contribution in [1.29, 1.82) is 0 Å². The maximum Gasteiger partial charge on any atom is 0.160 e. The molecule has 0 radical (unpaired) electrons. The maximum atomic E-state index is 6.95. The van der Waals surface area contributed by atoms with Crippen molar-refractivity contribution in [3.05, 3.63) is 170 Å². The fraction of sp³-hybridized carbons (Fsp3) is 0. The van der Waals surface area contributed by atoms with E-state index in [4.69, 9.17) is 4.42 Å². The lowest BCUT2D eigenvalue weighted by Crippen LogP contribution is -1.96. The first-order valence-corrected chi connectivity index (χ1v) is 17.5. The molecular formula is C48H28N2O. The Morgan fingerprint density at radius 1 is 0.314 bits per heavy atom. The second-order valence-corrected chi connectivity index (χ2v) is 13.6. The van der Waals surface area contributed by atoms with Crippen LogP contribution in [-0.2, 0) is 0 Å². The summed E-state index contributed by atoms with van der Waals surface area (Å²) in [6.07, 6.45) is 0. The number of benzene rings is 9. The van der Waals surface area contributed by atoms with Gasteiger partial charge in [0, 0.05) is 43.7 Å². The molecule has 0 atom stereocenters. The first kappa shape index (κ1) is 27.0. The number of rotatable bonds is 2. The molecule has 12 rings (SSSR count). The minimum atomic E-state index is 0.895. The molecule has 236 valence electrons. The van der Waals surface area contributed by atoms with E-state index in [1.165, 1.54) is 64.9 Å². The van der Waals surface area contributed by atoms with E-state index in [1.54, 1.807) is 0 Å². The quantitative estimate of drug-likeness (QED) is 0.171. The van der Waals surface area contributed by atoms with Crippen LogP contribution in [0.15, 0.2) is 174 Å². The normalized spacial score (nSPS) is 12.3. The van der Waals surface area contributed by atoms with Gasteiger partial charge in [0.05, 0.1) is 22.1 Å². The topological polar surface area (TPSA) is 23.0 Å².